The van der Waals surface area contributed by atoms with Crippen molar-refractivity contribution in [3.63, 3.8) is 0 Å². The van der Waals surface area contributed by atoms with Gasteiger partial charge in [0.25, 0.3) is 0 Å². The van der Waals surface area contributed by atoms with E-state index in [4.69, 9.17) is 5.73 Å². The van der Waals surface area contributed by atoms with Gasteiger partial charge in [-0.1, -0.05) is 13.8 Å². The fourth-order valence-electron chi connectivity index (χ4n) is 2.61. The Bertz CT molecular complexity index is 371. The van der Waals surface area contributed by atoms with E-state index in [0.29, 0.717) is 5.41 Å². The second-order valence-electron chi connectivity index (χ2n) is 6.20. The van der Waals surface area contributed by atoms with E-state index in [0.717, 1.165) is 31.6 Å². The van der Waals surface area contributed by atoms with Crippen molar-refractivity contribution in [3.8, 4) is 0 Å². The summed E-state index contributed by atoms with van der Waals surface area (Å²) in [6.07, 6.45) is 7.10. The molecule has 0 aliphatic heterocycles. The molecule has 1 aliphatic carbocycles. The highest BCUT2D eigenvalue weighted by Crippen LogP contribution is 2.40. The maximum absolute atomic E-state index is 6.51. The summed E-state index contributed by atoms with van der Waals surface area (Å²) in [6.45, 7) is 7.63. The van der Waals surface area contributed by atoms with E-state index in [9.17, 15) is 0 Å². The first-order valence-electron chi connectivity index (χ1n) is 6.60. The number of nitrogens with zero attached hydrogens (tertiary/aromatic N) is 3. The summed E-state index contributed by atoms with van der Waals surface area (Å²) in [6, 6.07) is 0. The van der Waals surface area contributed by atoms with Crippen LogP contribution in [0.2, 0.25) is 0 Å². The van der Waals surface area contributed by atoms with Crippen molar-refractivity contribution in [1.82, 2.24) is 14.8 Å². The fraction of sp³-hybridized carbons (Fsp3) is 0.846. The monoisotopic (exact) mass is 236 g/mol. The molecule has 0 atom stereocenters. The minimum atomic E-state index is -0.0739. The number of hydrogen-bond donors (Lipinski definition) is 1. The Labute approximate surface area is 104 Å². The number of nitrogens with two attached hydrogens (primary N) is 1. The second-order valence-corrected chi connectivity index (χ2v) is 6.20. The normalized spacial score (nSPS) is 22.6. The molecular weight excluding hydrogens is 212 g/mol. The lowest BCUT2D eigenvalue weighted by atomic mass is 9.68. The molecule has 0 unspecified atom stereocenters. The zero-order chi connectivity index (χ0) is 12.5. The Morgan fingerprint density at radius 1 is 1.29 bits per heavy atom. The molecule has 0 saturated heterocycles. The van der Waals surface area contributed by atoms with Gasteiger partial charge in [0, 0.05) is 18.5 Å². The lowest BCUT2D eigenvalue weighted by molar-refractivity contribution is 0.162. The van der Waals surface area contributed by atoms with Crippen LogP contribution in [0.5, 0.6) is 0 Å². The van der Waals surface area contributed by atoms with E-state index in [2.05, 4.69) is 30.9 Å². The minimum Gasteiger partial charge on any atom is -0.325 e. The van der Waals surface area contributed by atoms with Crippen LogP contribution in [0, 0.1) is 5.41 Å². The molecule has 2 rings (SSSR count). The Hall–Kier alpha value is -0.900. The van der Waals surface area contributed by atoms with Gasteiger partial charge >= 0.3 is 0 Å². The molecule has 1 heterocycles. The number of hydrogen-bond acceptors (Lipinski definition) is 3. The van der Waals surface area contributed by atoms with Crippen LogP contribution in [-0.4, -0.2) is 20.3 Å². The number of aromatic nitrogens is 3. The van der Waals surface area contributed by atoms with Crippen molar-refractivity contribution in [2.75, 3.05) is 0 Å². The van der Waals surface area contributed by atoms with E-state index < -0.39 is 0 Å². The predicted octanol–water partition coefficient (Wildman–Crippen LogP) is 2.14. The molecule has 1 aromatic heterocycles. The fourth-order valence-corrected chi connectivity index (χ4v) is 2.61. The van der Waals surface area contributed by atoms with Gasteiger partial charge in [-0.25, -0.2) is 4.98 Å². The predicted molar refractivity (Wildman–Crippen MR) is 68.6 cm³/mol. The first-order chi connectivity index (χ1) is 7.94. The molecular formula is C13H24N4. The van der Waals surface area contributed by atoms with Gasteiger partial charge in [-0.05, 0) is 38.0 Å². The smallest absolute Gasteiger partial charge is 0.138 e. The van der Waals surface area contributed by atoms with Gasteiger partial charge in [-0.2, -0.15) is 5.10 Å². The van der Waals surface area contributed by atoms with Gasteiger partial charge in [0.15, 0.2) is 0 Å². The highest BCUT2D eigenvalue weighted by Gasteiger charge is 2.36. The van der Waals surface area contributed by atoms with E-state index in [1.54, 1.807) is 6.33 Å². The highest BCUT2D eigenvalue weighted by molar-refractivity contribution is 5.01. The first kappa shape index (κ1) is 12.6. The summed E-state index contributed by atoms with van der Waals surface area (Å²) in [4.78, 5) is 4.33. The number of aryl methyl sites for hydroxylation is 1. The van der Waals surface area contributed by atoms with Crippen LogP contribution in [0.1, 0.15) is 52.3 Å². The zero-order valence-corrected chi connectivity index (χ0v) is 11.2. The van der Waals surface area contributed by atoms with Crippen LogP contribution in [0.3, 0.4) is 0 Å². The molecule has 1 fully saturated rings. The molecule has 0 radical (unpaired) electrons. The lowest BCUT2D eigenvalue weighted by Gasteiger charge is -2.41. The van der Waals surface area contributed by atoms with Crippen molar-refractivity contribution in [2.45, 2.75) is 65.0 Å². The average molecular weight is 236 g/mol. The molecule has 1 aromatic rings. The largest absolute Gasteiger partial charge is 0.325 e. The third kappa shape index (κ3) is 2.86. The summed E-state index contributed by atoms with van der Waals surface area (Å²) in [5.41, 5.74) is 6.90. The molecule has 4 nitrogen and oxygen atoms in total. The molecule has 0 bridgehead atoms. The van der Waals surface area contributed by atoms with E-state index in [1.165, 1.54) is 12.8 Å². The van der Waals surface area contributed by atoms with Gasteiger partial charge in [0.1, 0.15) is 12.2 Å². The van der Waals surface area contributed by atoms with Gasteiger partial charge in [-0.15, -0.1) is 0 Å². The Morgan fingerprint density at radius 2 is 1.94 bits per heavy atom. The van der Waals surface area contributed by atoms with E-state index in [1.807, 2.05) is 4.68 Å². The third-order valence-electron chi connectivity index (χ3n) is 4.10. The standard InChI is InChI=1S/C13H24N4/c1-4-17-11(15-10-16-17)9-13(14)7-5-12(2,3)6-8-13/h10H,4-9,14H2,1-3H3. The zero-order valence-electron chi connectivity index (χ0n) is 11.2. The molecule has 0 spiro atoms. The molecule has 2 N–H and O–H groups in total. The van der Waals surface area contributed by atoms with Gasteiger partial charge in [0.05, 0.1) is 0 Å². The summed E-state index contributed by atoms with van der Waals surface area (Å²) in [5, 5.41) is 4.21. The van der Waals surface area contributed by atoms with Gasteiger partial charge in [-0.3, -0.25) is 4.68 Å². The molecule has 96 valence electrons. The molecule has 0 amide bonds. The van der Waals surface area contributed by atoms with Crippen molar-refractivity contribution >= 4 is 0 Å². The molecule has 0 aromatic carbocycles. The Morgan fingerprint density at radius 3 is 2.53 bits per heavy atom. The first-order valence-corrected chi connectivity index (χ1v) is 6.60. The maximum Gasteiger partial charge on any atom is 0.138 e. The van der Waals surface area contributed by atoms with Crippen LogP contribution in [0.4, 0.5) is 0 Å². The van der Waals surface area contributed by atoms with Crippen molar-refractivity contribution in [3.05, 3.63) is 12.2 Å². The summed E-state index contributed by atoms with van der Waals surface area (Å²) in [5.74, 6) is 1.04. The minimum absolute atomic E-state index is 0.0739. The van der Waals surface area contributed by atoms with Crippen LogP contribution in [-0.2, 0) is 13.0 Å². The lowest BCUT2D eigenvalue weighted by Crippen LogP contribution is -2.47. The van der Waals surface area contributed by atoms with Gasteiger partial charge < -0.3 is 5.73 Å². The van der Waals surface area contributed by atoms with Crippen molar-refractivity contribution < 1.29 is 0 Å². The summed E-state index contributed by atoms with van der Waals surface area (Å²) in [7, 11) is 0. The van der Waals surface area contributed by atoms with Crippen LogP contribution >= 0.6 is 0 Å². The van der Waals surface area contributed by atoms with E-state index >= 15 is 0 Å². The second kappa shape index (κ2) is 4.41. The van der Waals surface area contributed by atoms with Crippen LogP contribution in [0.15, 0.2) is 6.33 Å². The van der Waals surface area contributed by atoms with Gasteiger partial charge in [0.2, 0.25) is 0 Å². The van der Waals surface area contributed by atoms with Crippen molar-refractivity contribution in [1.29, 1.82) is 0 Å². The van der Waals surface area contributed by atoms with Crippen molar-refractivity contribution in [2.24, 2.45) is 11.1 Å². The Balaban J connectivity index is 2.04. The third-order valence-corrected chi connectivity index (χ3v) is 4.10. The quantitative estimate of drug-likeness (QED) is 0.874. The highest BCUT2D eigenvalue weighted by atomic mass is 15.3. The molecule has 1 aliphatic rings. The molecule has 17 heavy (non-hydrogen) atoms. The SMILES string of the molecule is CCn1ncnc1CC1(N)CCC(C)(C)CC1. The topological polar surface area (TPSA) is 56.7 Å². The Kier molecular flexibility index (Phi) is 3.25. The maximum atomic E-state index is 6.51. The summed E-state index contributed by atoms with van der Waals surface area (Å²) >= 11 is 0. The summed E-state index contributed by atoms with van der Waals surface area (Å²) < 4.78 is 1.95. The average Bonchev–Trinajstić information content (AvgIpc) is 2.70. The molecule has 1 saturated carbocycles. The van der Waals surface area contributed by atoms with E-state index in [-0.39, 0.29) is 5.54 Å². The number of rotatable bonds is 3. The van der Waals surface area contributed by atoms with Crippen LogP contribution in [0.25, 0.3) is 0 Å². The molecule has 4 heteroatoms. The van der Waals surface area contributed by atoms with Crippen LogP contribution < -0.4 is 5.73 Å².